The summed E-state index contributed by atoms with van der Waals surface area (Å²) in [6.45, 7) is 9.56. The molecule has 0 saturated heterocycles. The van der Waals surface area contributed by atoms with E-state index in [2.05, 4.69) is 10.3 Å². The average Bonchev–Trinajstić information content (AvgIpc) is 3.20. The summed E-state index contributed by atoms with van der Waals surface area (Å²) < 4.78 is 45.0. The number of halogens is 3. The maximum Gasteiger partial charge on any atom is 0.428 e. The van der Waals surface area contributed by atoms with Crippen LogP contribution in [0.5, 0.6) is 0 Å². The summed E-state index contributed by atoms with van der Waals surface area (Å²) in [6, 6.07) is 17.6. The lowest BCUT2D eigenvalue weighted by Crippen LogP contribution is -2.45. The van der Waals surface area contributed by atoms with Crippen LogP contribution in [0.2, 0.25) is 0 Å². The topological polar surface area (TPSA) is 67.1 Å². The molecule has 0 saturated carbocycles. The van der Waals surface area contributed by atoms with Gasteiger partial charge in [-0.1, -0.05) is 57.2 Å². The first-order valence-corrected chi connectivity index (χ1v) is 12.0. The molecule has 0 aliphatic heterocycles. The molecule has 37 heavy (non-hydrogen) atoms. The maximum atomic E-state index is 14.6. The van der Waals surface area contributed by atoms with E-state index in [0.29, 0.717) is 11.2 Å². The third-order valence-electron chi connectivity index (χ3n) is 6.51. The normalized spacial score (nSPS) is 14.0. The molecular formula is C29H30F3N3O2. The van der Waals surface area contributed by atoms with Crippen molar-refractivity contribution in [1.82, 2.24) is 9.55 Å². The third kappa shape index (κ3) is 4.85. The Hall–Kier alpha value is -3.65. The van der Waals surface area contributed by atoms with E-state index in [4.69, 9.17) is 0 Å². The van der Waals surface area contributed by atoms with Gasteiger partial charge in [-0.2, -0.15) is 13.2 Å². The number of aliphatic hydroxyl groups is 1. The Bertz CT molecular complexity index is 1450. The number of hydrogen-bond donors (Lipinski definition) is 2. The first kappa shape index (κ1) is 26.4. The van der Waals surface area contributed by atoms with Gasteiger partial charge in [0.2, 0.25) is 5.60 Å². The van der Waals surface area contributed by atoms with Gasteiger partial charge in [0.15, 0.2) is 5.82 Å². The van der Waals surface area contributed by atoms with Crippen molar-refractivity contribution in [1.29, 1.82) is 0 Å². The van der Waals surface area contributed by atoms with Crippen LogP contribution >= 0.6 is 0 Å². The lowest BCUT2D eigenvalue weighted by atomic mass is 9.84. The van der Waals surface area contributed by atoms with Crippen LogP contribution in [0.25, 0.3) is 11.0 Å². The number of imidazole rings is 1. The molecule has 0 radical (unpaired) electrons. The minimum absolute atomic E-state index is 0.104. The third-order valence-corrected chi connectivity index (χ3v) is 6.51. The van der Waals surface area contributed by atoms with E-state index >= 15 is 0 Å². The fraction of sp³-hybridized carbons (Fsp3) is 0.310. The van der Waals surface area contributed by atoms with E-state index in [1.165, 1.54) is 34.9 Å². The number of aromatic nitrogens is 2. The summed E-state index contributed by atoms with van der Waals surface area (Å²) in [5, 5.41) is 14.1. The Labute approximate surface area is 214 Å². The molecule has 194 valence electrons. The number of carbonyl (C=O) groups excluding carboxylic acids is 1. The molecular weight excluding hydrogens is 479 g/mol. The second-order valence-electron chi connectivity index (χ2n) is 10.2. The highest BCUT2D eigenvalue weighted by Gasteiger charge is 2.59. The van der Waals surface area contributed by atoms with Gasteiger partial charge < -0.3 is 15.0 Å². The number of alkyl halides is 3. The number of nitrogens with one attached hydrogen (secondary N) is 1. The summed E-state index contributed by atoms with van der Waals surface area (Å²) in [4.78, 5) is 17.1. The van der Waals surface area contributed by atoms with Crippen molar-refractivity contribution in [2.45, 2.75) is 58.4 Å². The molecule has 2 N–H and O–H groups in total. The monoisotopic (exact) mass is 509 g/mol. The number of anilines is 1. The molecule has 0 aliphatic rings. The predicted molar refractivity (Wildman–Crippen MR) is 139 cm³/mol. The molecule has 1 atom stereocenters. The minimum atomic E-state index is -5.05. The average molecular weight is 510 g/mol. The van der Waals surface area contributed by atoms with Gasteiger partial charge in [0.05, 0.1) is 11.0 Å². The largest absolute Gasteiger partial charge is 0.428 e. The number of hydrogen-bond acceptors (Lipinski definition) is 3. The molecule has 1 heterocycles. The van der Waals surface area contributed by atoms with Crippen molar-refractivity contribution < 1.29 is 23.1 Å². The number of aryl methyl sites for hydroxylation is 2. The molecule has 4 aromatic rings. The smallest absolute Gasteiger partial charge is 0.370 e. The van der Waals surface area contributed by atoms with Crippen LogP contribution in [-0.2, 0) is 17.6 Å². The van der Waals surface area contributed by atoms with Gasteiger partial charge in [-0.3, -0.25) is 4.79 Å². The molecule has 0 aliphatic carbocycles. The summed E-state index contributed by atoms with van der Waals surface area (Å²) in [5.41, 5.74) is -0.668. The van der Waals surface area contributed by atoms with E-state index in [1.54, 1.807) is 25.1 Å². The first-order valence-electron chi connectivity index (χ1n) is 12.0. The highest BCUT2D eigenvalue weighted by molar-refractivity contribution is 6.06. The molecule has 0 fully saturated rings. The van der Waals surface area contributed by atoms with Gasteiger partial charge in [0, 0.05) is 23.4 Å². The van der Waals surface area contributed by atoms with Crippen molar-refractivity contribution in [3.05, 3.63) is 94.8 Å². The van der Waals surface area contributed by atoms with Crippen molar-refractivity contribution in [3.8, 4) is 0 Å². The van der Waals surface area contributed by atoms with Crippen LogP contribution < -0.4 is 5.32 Å². The molecule has 1 amide bonds. The van der Waals surface area contributed by atoms with Crippen molar-refractivity contribution in [2.24, 2.45) is 0 Å². The number of amides is 1. The number of carbonyl (C=O) groups is 1. The highest BCUT2D eigenvalue weighted by Crippen LogP contribution is 2.45. The fourth-order valence-corrected chi connectivity index (χ4v) is 4.42. The quantitative estimate of drug-likeness (QED) is 0.314. The highest BCUT2D eigenvalue weighted by atomic mass is 19.4. The van der Waals surface area contributed by atoms with Gasteiger partial charge in [-0.05, 0) is 60.7 Å². The van der Waals surface area contributed by atoms with Gasteiger partial charge >= 0.3 is 6.18 Å². The molecule has 0 spiro atoms. The number of fused-ring (bicyclic) bond motifs is 1. The Morgan fingerprint density at radius 2 is 1.62 bits per heavy atom. The van der Waals surface area contributed by atoms with Crippen LogP contribution in [-0.4, -0.2) is 26.7 Å². The Morgan fingerprint density at radius 1 is 0.973 bits per heavy atom. The van der Waals surface area contributed by atoms with Gasteiger partial charge in [0.25, 0.3) is 5.91 Å². The summed E-state index contributed by atoms with van der Waals surface area (Å²) >= 11 is 0. The lowest BCUT2D eigenvalue weighted by molar-refractivity contribution is -0.252. The van der Waals surface area contributed by atoms with E-state index in [-0.39, 0.29) is 28.6 Å². The van der Waals surface area contributed by atoms with Crippen LogP contribution in [0.3, 0.4) is 0 Å². The second kappa shape index (κ2) is 9.34. The van der Waals surface area contributed by atoms with Crippen LogP contribution in [0.15, 0.2) is 66.7 Å². The predicted octanol–water partition coefficient (Wildman–Crippen LogP) is 6.71. The summed E-state index contributed by atoms with van der Waals surface area (Å²) in [5.74, 6) is -0.945. The standard InChI is InChI=1S/C29H30F3N3O2/c1-6-35-24-17-19(25(36)33-22-9-7-8-18(2)16-22)10-15-23(24)34-26(35)28(37,29(30,31)32)21-13-11-20(12-14-21)27(3,4)5/h7-17,37H,6H2,1-5H3,(H,33,36). The molecule has 0 bridgehead atoms. The van der Waals surface area contributed by atoms with E-state index < -0.39 is 23.5 Å². The van der Waals surface area contributed by atoms with Crippen LogP contribution in [0.4, 0.5) is 18.9 Å². The second-order valence-corrected chi connectivity index (χ2v) is 10.2. The minimum Gasteiger partial charge on any atom is -0.370 e. The summed E-state index contributed by atoms with van der Waals surface area (Å²) in [7, 11) is 0. The van der Waals surface area contributed by atoms with E-state index in [1.807, 2.05) is 45.9 Å². The Balaban J connectivity index is 1.81. The number of nitrogens with zero attached hydrogens (tertiary/aromatic N) is 2. The van der Waals surface area contributed by atoms with Gasteiger partial charge in [-0.15, -0.1) is 0 Å². The number of rotatable bonds is 5. The summed E-state index contributed by atoms with van der Waals surface area (Å²) in [6.07, 6.45) is -5.05. The molecule has 1 aromatic heterocycles. The van der Waals surface area contributed by atoms with Crippen molar-refractivity contribution in [2.75, 3.05) is 5.32 Å². The molecule has 4 rings (SSSR count). The molecule has 8 heteroatoms. The van der Waals surface area contributed by atoms with E-state index in [0.717, 1.165) is 11.1 Å². The van der Waals surface area contributed by atoms with Gasteiger partial charge in [0.1, 0.15) is 0 Å². The van der Waals surface area contributed by atoms with Crippen LogP contribution in [0.1, 0.15) is 60.6 Å². The fourth-order valence-electron chi connectivity index (χ4n) is 4.42. The number of benzene rings is 3. The maximum absolute atomic E-state index is 14.6. The van der Waals surface area contributed by atoms with E-state index in [9.17, 15) is 23.1 Å². The van der Waals surface area contributed by atoms with Crippen molar-refractivity contribution >= 4 is 22.6 Å². The van der Waals surface area contributed by atoms with Gasteiger partial charge in [-0.25, -0.2) is 4.98 Å². The Kier molecular flexibility index (Phi) is 6.67. The SMILES string of the molecule is CCn1c(C(O)(c2ccc(C(C)(C)C)cc2)C(F)(F)F)nc2ccc(C(=O)Nc3cccc(C)c3)cc21. The Morgan fingerprint density at radius 3 is 2.19 bits per heavy atom. The van der Waals surface area contributed by atoms with Crippen LogP contribution in [0, 0.1) is 6.92 Å². The zero-order valence-electron chi connectivity index (χ0n) is 21.4. The lowest BCUT2D eigenvalue weighted by Gasteiger charge is -2.31. The molecule has 1 unspecified atom stereocenters. The zero-order chi connectivity index (χ0) is 27.2. The zero-order valence-corrected chi connectivity index (χ0v) is 21.4. The molecule has 3 aromatic carbocycles. The first-order chi connectivity index (χ1) is 17.3. The molecule has 5 nitrogen and oxygen atoms in total. The van der Waals surface area contributed by atoms with Crippen molar-refractivity contribution in [3.63, 3.8) is 0 Å².